The summed E-state index contributed by atoms with van der Waals surface area (Å²) < 4.78 is 5.43. The van der Waals surface area contributed by atoms with Gasteiger partial charge in [-0.15, -0.1) is 0 Å². The van der Waals surface area contributed by atoms with Gasteiger partial charge in [0, 0.05) is 58.9 Å². The second-order valence-electron chi connectivity index (χ2n) is 8.47. The molecule has 2 aromatic rings. The van der Waals surface area contributed by atoms with Crippen molar-refractivity contribution >= 4 is 11.9 Å². The first-order valence-corrected chi connectivity index (χ1v) is 10.9. The molecule has 1 amide bonds. The van der Waals surface area contributed by atoms with Crippen LogP contribution in [0.3, 0.4) is 0 Å². The maximum absolute atomic E-state index is 12.1. The minimum absolute atomic E-state index is 0.00938. The van der Waals surface area contributed by atoms with E-state index in [1.807, 2.05) is 20.0 Å². The van der Waals surface area contributed by atoms with Gasteiger partial charge in [-0.3, -0.25) is 9.69 Å². The topological polar surface area (TPSA) is 64.3 Å². The van der Waals surface area contributed by atoms with E-state index >= 15 is 0 Å². The average Bonchev–Trinajstić information content (AvgIpc) is 3.17. The fourth-order valence-electron chi connectivity index (χ4n) is 3.73. The molecular weight excluding hydrogens is 390 g/mol. The molecule has 3 rings (SSSR count). The van der Waals surface area contributed by atoms with E-state index in [0.717, 1.165) is 49.8 Å². The number of carbonyl (C=O) groups is 1. The monoisotopic (exact) mass is 425 g/mol. The summed E-state index contributed by atoms with van der Waals surface area (Å²) in [6.45, 7) is 5.85. The molecule has 7 nitrogen and oxygen atoms in total. The first kappa shape index (κ1) is 22.9. The highest BCUT2D eigenvalue weighted by Crippen LogP contribution is 2.15. The van der Waals surface area contributed by atoms with Gasteiger partial charge in [0.05, 0.1) is 6.26 Å². The molecule has 1 saturated heterocycles. The number of rotatable bonds is 7. The number of aryl methyl sites for hydroxylation is 1. The summed E-state index contributed by atoms with van der Waals surface area (Å²) in [5, 5.41) is 3.61. The van der Waals surface area contributed by atoms with Crippen molar-refractivity contribution in [3.8, 4) is 0 Å². The molecule has 1 aromatic heterocycles. The molecule has 168 valence electrons. The highest BCUT2D eigenvalue weighted by atomic mass is 16.3. The van der Waals surface area contributed by atoms with Crippen molar-refractivity contribution in [1.29, 1.82) is 0 Å². The third kappa shape index (κ3) is 6.85. The van der Waals surface area contributed by atoms with Crippen LogP contribution in [0.25, 0.3) is 0 Å². The van der Waals surface area contributed by atoms with Gasteiger partial charge in [-0.1, -0.05) is 30.3 Å². The van der Waals surface area contributed by atoms with Gasteiger partial charge in [0.2, 0.25) is 5.91 Å². The number of likely N-dealkylation sites (N-methyl/N-ethyl adjacent to an activating group) is 1. The summed E-state index contributed by atoms with van der Waals surface area (Å²) in [5.41, 5.74) is 2.47. The summed E-state index contributed by atoms with van der Waals surface area (Å²) in [6, 6.07) is 12.9. The van der Waals surface area contributed by atoms with Gasteiger partial charge in [-0.25, -0.2) is 4.99 Å². The van der Waals surface area contributed by atoms with Crippen LogP contribution in [0.4, 0.5) is 0 Å². The largest absolute Gasteiger partial charge is 0.469 e. The molecule has 0 saturated carbocycles. The van der Waals surface area contributed by atoms with E-state index < -0.39 is 0 Å². The van der Waals surface area contributed by atoms with Crippen molar-refractivity contribution < 1.29 is 9.21 Å². The number of nitrogens with one attached hydrogen (secondary N) is 1. The molecular formula is C24H35N5O2. The third-order valence-electron chi connectivity index (χ3n) is 5.77. The molecule has 0 unspecified atom stereocenters. The Bertz CT molecular complexity index is 854. The number of likely N-dealkylation sites (tertiary alicyclic amines) is 1. The van der Waals surface area contributed by atoms with Crippen LogP contribution in [0.5, 0.6) is 0 Å². The Kier molecular flexibility index (Phi) is 8.12. The van der Waals surface area contributed by atoms with Crippen molar-refractivity contribution in [2.45, 2.75) is 38.9 Å². The molecule has 0 atom stereocenters. The zero-order valence-corrected chi connectivity index (χ0v) is 19.2. The maximum atomic E-state index is 12.1. The predicted octanol–water partition coefficient (Wildman–Crippen LogP) is 2.72. The number of hydrogen-bond donors (Lipinski definition) is 1. The van der Waals surface area contributed by atoms with E-state index in [1.165, 1.54) is 5.56 Å². The Labute approximate surface area is 185 Å². The highest BCUT2D eigenvalue weighted by Gasteiger charge is 2.22. The van der Waals surface area contributed by atoms with Crippen molar-refractivity contribution in [2.75, 3.05) is 40.8 Å². The van der Waals surface area contributed by atoms with Gasteiger partial charge >= 0.3 is 0 Å². The van der Waals surface area contributed by atoms with Crippen molar-refractivity contribution in [3.63, 3.8) is 0 Å². The van der Waals surface area contributed by atoms with E-state index in [2.05, 4.69) is 50.4 Å². The molecule has 2 heterocycles. The zero-order valence-electron chi connectivity index (χ0n) is 19.2. The van der Waals surface area contributed by atoms with E-state index in [1.54, 1.807) is 25.3 Å². The number of amides is 1. The predicted molar refractivity (Wildman–Crippen MR) is 124 cm³/mol. The fourth-order valence-corrected chi connectivity index (χ4v) is 3.73. The van der Waals surface area contributed by atoms with Crippen molar-refractivity contribution in [3.05, 3.63) is 59.5 Å². The van der Waals surface area contributed by atoms with Crippen molar-refractivity contribution in [1.82, 2.24) is 20.0 Å². The maximum Gasteiger partial charge on any atom is 0.243 e. The van der Waals surface area contributed by atoms with Gasteiger partial charge < -0.3 is 19.5 Å². The third-order valence-corrected chi connectivity index (χ3v) is 5.77. The summed E-state index contributed by atoms with van der Waals surface area (Å²) in [6.07, 6.45) is 3.80. The van der Waals surface area contributed by atoms with Crippen LogP contribution in [0, 0.1) is 6.92 Å². The number of benzene rings is 1. The quantitative estimate of drug-likeness (QED) is 0.546. The lowest BCUT2D eigenvalue weighted by Gasteiger charge is -2.34. The average molecular weight is 426 g/mol. The van der Waals surface area contributed by atoms with Crippen LogP contribution >= 0.6 is 0 Å². The minimum Gasteiger partial charge on any atom is -0.469 e. The molecule has 7 heteroatoms. The Morgan fingerprint density at radius 2 is 1.87 bits per heavy atom. The Hall–Kier alpha value is -2.80. The lowest BCUT2D eigenvalue weighted by atomic mass is 10.0. The zero-order chi connectivity index (χ0) is 22.2. The summed E-state index contributed by atoms with van der Waals surface area (Å²) >= 11 is 0. The van der Waals surface area contributed by atoms with Crippen LogP contribution in [-0.2, 0) is 17.9 Å². The summed E-state index contributed by atoms with van der Waals surface area (Å²) in [4.78, 5) is 22.9. The second-order valence-corrected chi connectivity index (χ2v) is 8.47. The standard InChI is InChI=1S/C24H35N5O2/c1-19-21(12-15-31-19)18-28(4)24(25-16-23(30)27(2)3)26-22-10-13-29(14-11-22)17-20-8-6-5-7-9-20/h5-9,12,15,22H,10-11,13-14,16-18H2,1-4H3,(H,25,26). The number of aliphatic imine (C=N–C) groups is 1. The number of piperidine rings is 1. The first-order valence-electron chi connectivity index (χ1n) is 10.9. The van der Waals surface area contributed by atoms with Crippen LogP contribution in [0.2, 0.25) is 0 Å². The molecule has 0 radical (unpaired) electrons. The van der Waals surface area contributed by atoms with Crippen LogP contribution < -0.4 is 5.32 Å². The SMILES string of the molecule is Cc1occc1CN(C)C(=NCC(=O)N(C)C)NC1CCN(Cc2ccccc2)CC1. The summed E-state index contributed by atoms with van der Waals surface area (Å²) in [5.74, 6) is 1.66. The van der Waals surface area contributed by atoms with Gasteiger partial charge in [0.25, 0.3) is 0 Å². The second kappa shape index (κ2) is 11.0. The molecule has 1 aliphatic rings. The van der Waals surface area contributed by atoms with Crippen LogP contribution in [0.15, 0.2) is 52.1 Å². The Morgan fingerprint density at radius 3 is 2.48 bits per heavy atom. The molecule has 1 aromatic carbocycles. The van der Waals surface area contributed by atoms with E-state index in [-0.39, 0.29) is 12.5 Å². The lowest BCUT2D eigenvalue weighted by Crippen LogP contribution is -2.49. The Balaban J connectivity index is 1.59. The molecule has 1 fully saturated rings. The number of carbonyl (C=O) groups excluding carboxylic acids is 1. The minimum atomic E-state index is -0.00938. The van der Waals surface area contributed by atoms with Crippen LogP contribution in [0.1, 0.15) is 29.7 Å². The van der Waals surface area contributed by atoms with Gasteiger partial charge in [-0.05, 0) is 31.4 Å². The van der Waals surface area contributed by atoms with E-state index in [9.17, 15) is 4.79 Å². The normalized spacial score (nSPS) is 15.7. The van der Waals surface area contributed by atoms with Crippen molar-refractivity contribution in [2.24, 2.45) is 4.99 Å². The van der Waals surface area contributed by atoms with Gasteiger partial charge in [0.15, 0.2) is 5.96 Å². The molecule has 0 aliphatic carbocycles. The fraction of sp³-hybridized carbons (Fsp3) is 0.500. The number of nitrogens with zero attached hydrogens (tertiary/aromatic N) is 4. The van der Waals surface area contributed by atoms with E-state index in [0.29, 0.717) is 12.6 Å². The molecule has 31 heavy (non-hydrogen) atoms. The number of guanidine groups is 1. The number of furan rings is 1. The molecule has 1 N–H and O–H groups in total. The molecule has 0 bridgehead atoms. The highest BCUT2D eigenvalue weighted by molar-refractivity contribution is 5.84. The van der Waals surface area contributed by atoms with Gasteiger partial charge in [0.1, 0.15) is 12.3 Å². The van der Waals surface area contributed by atoms with E-state index in [4.69, 9.17) is 4.42 Å². The molecule has 1 aliphatic heterocycles. The summed E-state index contributed by atoms with van der Waals surface area (Å²) in [7, 11) is 5.51. The first-order chi connectivity index (χ1) is 14.9. The van der Waals surface area contributed by atoms with Gasteiger partial charge in [-0.2, -0.15) is 0 Å². The molecule has 0 spiro atoms. The lowest BCUT2D eigenvalue weighted by molar-refractivity contribution is -0.127. The van der Waals surface area contributed by atoms with Crippen LogP contribution in [-0.4, -0.2) is 73.4 Å². The smallest absolute Gasteiger partial charge is 0.243 e. The number of hydrogen-bond acceptors (Lipinski definition) is 4. The Morgan fingerprint density at radius 1 is 1.16 bits per heavy atom.